The van der Waals surface area contributed by atoms with Gasteiger partial charge in [0.15, 0.2) is 17.5 Å². The summed E-state index contributed by atoms with van der Waals surface area (Å²) in [6.07, 6.45) is 0. The monoisotopic (exact) mass is 577 g/mol. The summed E-state index contributed by atoms with van der Waals surface area (Å²) < 4.78 is 6.12. The third kappa shape index (κ3) is 4.31. The average Bonchev–Trinajstić information content (AvgIpc) is 3.47. The van der Waals surface area contributed by atoms with Crippen LogP contribution in [0, 0.1) is 0 Å². The molecule has 0 saturated carbocycles. The summed E-state index contributed by atoms with van der Waals surface area (Å²) in [5.41, 5.74) is 8.71. The topological polar surface area (TPSA) is 77.6 Å². The predicted octanol–water partition coefficient (Wildman–Crippen LogP) is 9.54. The molecule has 0 radical (unpaired) electrons. The molecule has 6 nitrogen and oxygen atoms in total. The lowest BCUT2D eigenvalue weighted by Crippen LogP contribution is -2.00. The van der Waals surface area contributed by atoms with Crippen LogP contribution >= 0.6 is 0 Å². The molecule has 210 valence electrons. The van der Waals surface area contributed by atoms with Crippen LogP contribution in [0.25, 0.3) is 89.3 Å². The zero-order valence-corrected chi connectivity index (χ0v) is 23.9. The Kier molecular flexibility index (Phi) is 5.71. The van der Waals surface area contributed by atoms with E-state index in [4.69, 9.17) is 29.3 Å². The highest BCUT2D eigenvalue weighted by Gasteiger charge is 2.17. The SMILES string of the molecule is c1ccc(-c2nc(-c3ccccc3)nc(-c3ccc(-c4ccc5oc6nc7ccccc7nc6c5c4)c4ccccc34)n2)cc1. The van der Waals surface area contributed by atoms with E-state index >= 15 is 0 Å². The Balaban J connectivity index is 1.23. The Hall–Kier alpha value is -6.27. The highest BCUT2D eigenvalue weighted by atomic mass is 16.3. The second-order valence-corrected chi connectivity index (χ2v) is 10.9. The summed E-state index contributed by atoms with van der Waals surface area (Å²) >= 11 is 0. The van der Waals surface area contributed by atoms with Crippen LogP contribution in [0.15, 0.2) is 144 Å². The Morgan fingerprint density at radius 2 is 0.933 bits per heavy atom. The molecule has 0 aliphatic rings. The number of furan rings is 1. The van der Waals surface area contributed by atoms with Gasteiger partial charge < -0.3 is 4.42 Å². The number of hydrogen-bond donors (Lipinski definition) is 0. The minimum Gasteiger partial charge on any atom is -0.436 e. The van der Waals surface area contributed by atoms with Crippen molar-refractivity contribution in [1.82, 2.24) is 24.9 Å². The van der Waals surface area contributed by atoms with Crippen LogP contribution in [0.1, 0.15) is 0 Å². The highest BCUT2D eigenvalue weighted by Crippen LogP contribution is 2.38. The number of fused-ring (bicyclic) bond motifs is 5. The molecule has 3 heterocycles. The largest absolute Gasteiger partial charge is 0.436 e. The van der Waals surface area contributed by atoms with Gasteiger partial charge in [-0.05, 0) is 52.2 Å². The first-order valence-corrected chi connectivity index (χ1v) is 14.8. The van der Waals surface area contributed by atoms with Crippen molar-refractivity contribution in [3.05, 3.63) is 140 Å². The van der Waals surface area contributed by atoms with Gasteiger partial charge in [0, 0.05) is 22.1 Å². The van der Waals surface area contributed by atoms with Gasteiger partial charge in [-0.3, -0.25) is 0 Å². The smallest absolute Gasteiger partial charge is 0.246 e. The average molecular weight is 578 g/mol. The van der Waals surface area contributed by atoms with Crippen LogP contribution in [0.5, 0.6) is 0 Å². The second kappa shape index (κ2) is 10.2. The summed E-state index contributed by atoms with van der Waals surface area (Å²) in [4.78, 5) is 24.5. The van der Waals surface area contributed by atoms with Crippen molar-refractivity contribution in [2.45, 2.75) is 0 Å². The number of nitrogens with zero attached hydrogens (tertiary/aromatic N) is 5. The van der Waals surface area contributed by atoms with Crippen LogP contribution in [-0.2, 0) is 0 Å². The molecule has 0 fully saturated rings. The Bertz CT molecular complexity index is 2480. The highest BCUT2D eigenvalue weighted by molar-refractivity contribution is 6.08. The van der Waals surface area contributed by atoms with Crippen molar-refractivity contribution in [3.8, 4) is 45.3 Å². The molecule has 3 aromatic heterocycles. The zero-order valence-electron chi connectivity index (χ0n) is 23.9. The number of hydrogen-bond acceptors (Lipinski definition) is 6. The number of para-hydroxylation sites is 2. The van der Waals surface area contributed by atoms with E-state index in [9.17, 15) is 0 Å². The fourth-order valence-electron chi connectivity index (χ4n) is 5.98. The van der Waals surface area contributed by atoms with Crippen molar-refractivity contribution in [2.24, 2.45) is 0 Å². The predicted molar refractivity (Wildman–Crippen MR) is 179 cm³/mol. The first-order chi connectivity index (χ1) is 22.3. The Morgan fingerprint density at radius 3 is 1.62 bits per heavy atom. The van der Waals surface area contributed by atoms with Crippen molar-refractivity contribution < 1.29 is 4.42 Å². The van der Waals surface area contributed by atoms with Gasteiger partial charge >= 0.3 is 0 Å². The van der Waals surface area contributed by atoms with E-state index in [1.807, 2.05) is 91.0 Å². The minimum atomic E-state index is 0.541. The van der Waals surface area contributed by atoms with Gasteiger partial charge in [0.2, 0.25) is 5.71 Å². The van der Waals surface area contributed by atoms with Gasteiger partial charge in [-0.15, -0.1) is 0 Å². The second-order valence-electron chi connectivity index (χ2n) is 10.9. The molecule has 6 aromatic carbocycles. The number of rotatable bonds is 4. The van der Waals surface area contributed by atoms with Crippen LogP contribution in [0.3, 0.4) is 0 Å². The summed E-state index contributed by atoms with van der Waals surface area (Å²) in [5.74, 6) is 1.90. The third-order valence-corrected chi connectivity index (χ3v) is 8.16. The lowest BCUT2D eigenvalue weighted by molar-refractivity contribution is 0.655. The quantitative estimate of drug-likeness (QED) is 0.207. The van der Waals surface area contributed by atoms with Crippen molar-refractivity contribution in [2.75, 3.05) is 0 Å². The molecule has 0 bridgehead atoms. The number of benzene rings is 6. The van der Waals surface area contributed by atoms with Gasteiger partial charge in [-0.25, -0.2) is 24.9 Å². The Morgan fingerprint density at radius 1 is 0.378 bits per heavy atom. The van der Waals surface area contributed by atoms with Crippen molar-refractivity contribution in [1.29, 1.82) is 0 Å². The van der Waals surface area contributed by atoms with Crippen LogP contribution in [-0.4, -0.2) is 24.9 Å². The molecule has 45 heavy (non-hydrogen) atoms. The zero-order chi connectivity index (χ0) is 29.7. The first-order valence-electron chi connectivity index (χ1n) is 14.8. The van der Waals surface area contributed by atoms with Crippen LogP contribution in [0.4, 0.5) is 0 Å². The van der Waals surface area contributed by atoms with Gasteiger partial charge in [-0.1, -0.05) is 109 Å². The molecule has 6 heteroatoms. The number of aromatic nitrogens is 5. The molecular weight excluding hydrogens is 554 g/mol. The van der Waals surface area contributed by atoms with E-state index in [1.165, 1.54) is 0 Å². The summed E-state index contributed by atoms with van der Waals surface area (Å²) in [6.45, 7) is 0. The molecule has 0 aliphatic heterocycles. The fraction of sp³-hybridized carbons (Fsp3) is 0. The standard InChI is InChI=1S/C39H23N5O/c1-3-11-24(12-4-1)36-42-37(25-13-5-2-6-14-25)44-38(43-36)30-21-20-27(28-15-7-8-16-29(28)30)26-19-22-34-31(23-26)35-39(45-34)41-33-18-10-9-17-32(33)40-35/h1-23H. The molecule has 0 spiro atoms. The molecule has 9 rings (SSSR count). The maximum Gasteiger partial charge on any atom is 0.246 e. The van der Waals surface area contributed by atoms with Gasteiger partial charge in [0.25, 0.3) is 0 Å². The van der Waals surface area contributed by atoms with Gasteiger partial charge in [0.1, 0.15) is 11.1 Å². The molecule has 0 aliphatic carbocycles. The molecule has 0 unspecified atom stereocenters. The van der Waals surface area contributed by atoms with Crippen molar-refractivity contribution >= 4 is 44.0 Å². The van der Waals surface area contributed by atoms with Crippen molar-refractivity contribution in [3.63, 3.8) is 0 Å². The van der Waals surface area contributed by atoms with E-state index in [1.54, 1.807) is 0 Å². The van der Waals surface area contributed by atoms with Gasteiger partial charge in [-0.2, -0.15) is 0 Å². The van der Waals surface area contributed by atoms with Crippen LogP contribution in [0.2, 0.25) is 0 Å². The van der Waals surface area contributed by atoms with E-state index < -0.39 is 0 Å². The van der Waals surface area contributed by atoms with Gasteiger partial charge in [0.05, 0.1) is 11.0 Å². The normalized spacial score (nSPS) is 11.6. The molecule has 0 atom stereocenters. The summed E-state index contributed by atoms with van der Waals surface area (Å²) in [7, 11) is 0. The first kappa shape index (κ1) is 25.2. The minimum absolute atomic E-state index is 0.541. The maximum absolute atomic E-state index is 6.12. The Labute approximate surface area is 257 Å². The maximum atomic E-state index is 6.12. The summed E-state index contributed by atoms with van der Waals surface area (Å²) in [6, 6.07) is 46.9. The fourth-order valence-corrected chi connectivity index (χ4v) is 5.98. The van der Waals surface area contributed by atoms with Crippen LogP contribution < -0.4 is 0 Å². The summed E-state index contributed by atoms with van der Waals surface area (Å²) in [5, 5.41) is 3.09. The van der Waals surface area contributed by atoms with E-state index in [0.29, 0.717) is 23.2 Å². The lowest BCUT2D eigenvalue weighted by Gasteiger charge is -2.13. The molecular formula is C39H23N5O. The molecule has 0 amide bonds. The third-order valence-electron chi connectivity index (χ3n) is 8.16. The molecule has 0 saturated heterocycles. The van der Waals surface area contributed by atoms with E-state index in [0.717, 1.165) is 66.1 Å². The molecule has 9 aromatic rings. The van der Waals surface area contributed by atoms with E-state index in [-0.39, 0.29) is 0 Å². The van der Waals surface area contributed by atoms with E-state index in [2.05, 4.69) is 48.5 Å². The molecule has 0 N–H and O–H groups in total. The lowest BCUT2D eigenvalue weighted by atomic mass is 9.94.